The zero-order valence-corrected chi connectivity index (χ0v) is 26.7. The van der Waals surface area contributed by atoms with Crippen LogP contribution in [0.4, 0.5) is 34.1 Å². The van der Waals surface area contributed by atoms with E-state index in [1.54, 1.807) is 0 Å². The molecule has 0 amide bonds. The van der Waals surface area contributed by atoms with Crippen molar-refractivity contribution < 1.29 is 4.42 Å². The molecule has 0 N–H and O–H groups in total. The molecule has 0 saturated heterocycles. The molecule has 3 nitrogen and oxygen atoms in total. The van der Waals surface area contributed by atoms with Crippen molar-refractivity contribution in [3.05, 3.63) is 126 Å². The van der Waals surface area contributed by atoms with E-state index in [4.69, 9.17) is 4.42 Å². The largest absolute Gasteiger partial charge is 0.468 e. The molecular formula is C41H37BN2O. The number of benzene rings is 5. The Kier molecular flexibility index (Phi) is 5.44. The first-order valence-electron chi connectivity index (χ1n) is 16.3. The number of para-hydroxylation sites is 3. The minimum atomic E-state index is -0.0278. The second-order valence-corrected chi connectivity index (χ2v) is 14.5. The minimum absolute atomic E-state index is 0.0278. The molecule has 0 radical (unpaired) electrons. The third-order valence-corrected chi connectivity index (χ3v) is 10.8. The number of nitrogens with zero attached hydrogens (tertiary/aromatic N) is 2. The fourth-order valence-electron chi connectivity index (χ4n) is 8.35. The molecule has 9 rings (SSSR count). The van der Waals surface area contributed by atoms with Gasteiger partial charge in [-0.2, -0.15) is 0 Å². The predicted octanol–water partition coefficient (Wildman–Crippen LogP) is 9.17. The first kappa shape index (κ1) is 26.7. The molecule has 4 heteroatoms. The molecule has 2 aliphatic heterocycles. The Bertz CT molecular complexity index is 2160. The number of anilines is 6. The van der Waals surface area contributed by atoms with E-state index < -0.39 is 0 Å². The van der Waals surface area contributed by atoms with E-state index in [9.17, 15) is 0 Å². The smallest absolute Gasteiger partial charge is 0.297 e. The van der Waals surface area contributed by atoms with Gasteiger partial charge in [-0.25, -0.2) is 0 Å². The number of hydrogen-bond donors (Lipinski definition) is 0. The van der Waals surface area contributed by atoms with Gasteiger partial charge in [0, 0.05) is 33.8 Å². The van der Waals surface area contributed by atoms with E-state index in [0.717, 1.165) is 28.0 Å². The molecule has 5 aromatic carbocycles. The zero-order chi connectivity index (χ0) is 30.7. The molecule has 0 fully saturated rings. The summed E-state index contributed by atoms with van der Waals surface area (Å²) in [5, 5.41) is 1.15. The Morgan fingerprint density at radius 2 is 1.24 bits per heavy atom. The number of furan rings is 1. The maximum atomic E-state index is 6.99. The molecule has 3 aliphatic rings. The van der Waals surface area contributed by atoms with Gasteiger partial charge in [0.05, 0.1) is 11.3 Å². The average molecular weight is 585 g/mol. The first-order valence-corrected chi connectivity index (χ1v) is 16.3. The summed E-state index contributed by atoms with van der Waals surface area (Å²) in [5.74, 6) is 0. The highest BCUT2D eigenvalue weighted by Gasteiger charge is 2.48. The summed E-state index contributed by atoms with van der Waals surface area (Å²) in [4.78, 5) is 4.97. The van der Waals surface area contributed by atoms with Gasteiger partial charge in [0.25, 0.3) is 6.71 Å². The van der Waals surface area contributed by atoms with Crippen molar-refractivity contribution in [3.63, 3.8) is 0 Å². The summed E-state index contributed by atoms with van der Waals surface area (Å²) in [6.07, 6.45) is 2.36. The van der Waals surface area contributed by atoms with Crippen LogP contribution in [0.3, 0.4) is 0 Å². The molecule has 1 aromatic heterocycles. The second kappa shape index (κ2) is 9.17. The molecule has 3 heterocycles. The third-order valence-electron chi connectivity index (χ3n) is 10.8. The van der Waals surface area contributed by atoms with Crippen molar-refractivity contribution in [2.45, 2.75) is 58.3 Å². The van der Waals surface area contributed by atoms with Crippen LogP contribution in [-0.4, -0.2) is 6.71 Å². The van der Waals surface area contributed by atoms with Gasteiger partial charge in [-0.1, -0.05) is 88.4 Å². The van der Waals surface area contributed by atoms with Crippen molar-refractivity contribution >= 4 is 68.4 Å². The summed E-state index contributed by atoms with van der Waals surface area (Å²) in [7, 11) is 0. The highest BCUT2D eigenvalue weighted by molar-refractivity contribution is 7.00. The van der Waals surface area contributed by atoms with Crippen LogP contribution in [0.2, 0.25) is 0 Å². The Morgan fingerprint density at radius 1 is 0.622 bits per heavy atom. The highest BCUT2D eigenvalue weighted by atomic mass is 16.3. The molecule has 0 unspecified atom stereocenters. The molecular weight excluding hydrogens is 547 g/mol. The van der Waals surface area contributed by atoms with Gasteiger partial charge >= 0.3 is 0 Å². The highest BCUT2D eigenvalue weighted by Crippen LogP contribution is 2.51. The molecule has 1 aliphatic carbocycles. The van der Waals surface area contributed by atoms with E-state index in [0.29, 0.717) is 0 Å². The monoisotopic (exact) mass is 584 g/mol. The quantitative estimate of drug-likeness (QED) is 0.189. The Labute approximate surface area is 266 Å². The standard InChI is InChI=1S/C41H37BN2O/c1-26-14-9-11-18-32(26)44-34-20-13-19-33-37(34)42(31-24-29-30(25-35(31)44)41(4,5)23-22-40(29,2)3)39-38(28-17-10-12-21-36(28)45-39)43(33)27-15-7-6-8-16-27/h6-21,24-25H,22-23H2,1-5H3. The topological polar surface area (TPSA) is 19.6 Å². The number of hydrogen-bond acceptors (Lipinski definition) is 3. The Morgan fingerprint density at radius 3 is 2.00 bits per heavy atom. The fourth-order valence-corrected chi connectivity index (χ4v) is 8.35. The van der Waals surface area contributed by atoms with E-state index in [-0.39, 0.29) is 17.5 Å². The van der Waals surface area contributed by atoms with E-state index >= 15 is 0 Å². The molecule has 220 valence electrons. The Hall–Kier alpha value is -4.70. The summed E-state index contributed by atoms with van der Waals surface area (Å²) < 4.78 is 6.99. The average Bonchev–Trinajstić information content (AvgIpc) is 3.43. The van der Waals surface area contributed by atoms with E-state index in [2.05, 4.69) is 154 Å². The summed E-state index contributed by atoms with van der Waals surface area (Å²) >= 11 is 0. The molecule has 6 aromatic rings. The first-order chi connectivity index (χ1) is 21.7. The van der Waals surface area contributed by atoms with Gasteiger partial charge in [0.1, 0.15) is 5.58 Å². The number of fused-ring (bicyclic) bond motifs is 7. The molecule has 0 spiro atoms. The molecule has 45 heavy (non-hydrogen) atoms. The van der Waals surface area contributed by atoms with Gasteiger partial charge in [-0.3, -0.25) is 0 Å². The second-order valence-electron chi connectivity index (χ2n) is 14.5. The molecule has 0 atom stereocenters. The van der Waals surface area contributed by atoms with Crippen molar-refractivity contribution in [1.82, 2.24) is 0 Å². The van der Waals surface area contributed by atoms with Crippen LogP contribution in [0, 0.1) is 6.92 Å². The van der Waals surface area contributed by atoms with Crippen LogP contribution in [0.5, 0.6) is 0 Å². The van der Waals surface area contributed by atoms with Gasteiger partial charge in [0.15, 0.2) is 0 Å². The van der Waals surface area contributed by atoms with Gasteiger partial charge in [0.2, 0.25) is 0 Å². The van der Waals surface area contributed by atoms with Crippen LogP contribution in [0.1, 0.15) is 57.2 Å². The van der Waals surface area contributed by atoms with E-state index in [1.807, 2.05) is 0 Å². The summed E-state index contributed by atoms with van der Waals surface area (Å²) in [6, 6.07) is 40.1. The SMILES string of the molecule is Cc1ccccc1N1c2cc3c(cc2B2c4oc5ccccc5c4N(c4ccccc4)c4cccc1c42)C(C)(C)CCC3(C)C. The van der Waals surface area contributed by atoms with Crippen molar-refractivity contribution in [2.75, 3.05) is 9.80 Å². The summed E-state index contributed by atoms with van der Waals surface area (Å²) in [6.45, 7) is 11.9. The van der Waals surface area contributed by atoms with Crippen LogP contribution >= 0.6 is 0 Å². The minimum Gasteiger partial charge on any atom is -0.468 e. The number of aryl methyl sites for hydroxylation is 1. The lowest BCUT2D eigenvalue weighted by molar-refractivity contribution is 0.332. The maximum absolute atomic E-state index is 6.99. The van der Waals surface area contributed by atoms with Gasteiger partial charge in [-0.05, 0) is 107 Å². The van der Waals surface area contributed by atoms with Crippen molar-refractivity contribution in [3.8, 4) is 0 Å². The molecule has 0 saturated carbocycles. The number of rotatable bonds is 2. The molecule has 0 bridgehead atoms. The normalized spacial score (nSPS) is 17.0. The van der Waals surface area contributed by atoms with Crippen LogP contribution in [-0.2, 0) is 10.8 Å². The fraction of sp³-hybridized carbons (Fsp3) is 0.220. The third kappa shape index (κ3) is 3.66. The lowest BCUT2D eigenvalue weighted by Crippen LogP contribution is -2.61. The maximum Gasteiger partial charge on any atom is 0.297 e. The van der Waals surface area contributed by atoms with Crippen LogP contribution in [0.15, 0.2) is 114 Å². The lowest BCUT2D eigenvalue weighted by Gasteiger charge is -2.46. The lowest BCUT2D eigenvalue weighted by atomic mass is 9.35. The van der Waals surface area contributed by atoms with Gasteiger partial charge < -0.3 is 14.2 Å². The van der Waals surface area contributed by atoms with Crippen molar-refractivity contribution in [2.24, 2.45) is 0 Å². The van der Waals surface area contributed by atoms with Crippen molar-refractivity contribution in [1.29, 1.82) is 0 Å². The van der Waals surface area contributed by atoms with Crippen LogP contribution < -0.4 is 26.4 Å². The van der Waals surface area contributed by atoms with E-state index in [1.165, 1.54) is 63.2 Å². The van der Waals surface area contributed by atoms with Crippen LogP contribution in [0.25, 0.3) is 11.0 Å². The zero-order valence-electron chi connectivity index (χ0n) is 26.7. The summed E-state index contributed by atoms with van der Waals surface area (Å²) in [5.41, 5.74) is 16.2. The Balaban J connectivity index is 1.44. The predicted molar refractivity (Wildman–Crippen MR) is 190 cm³/mol. The van der Waals surface area contributed by atoms with Gasteiger partial charge in [-0.15, -0.1) is 0 Å².